The van der Waals surface area contributed by atoms with Crippen molar-refractivity contribution < 1.29 is 23.8 Å². The third-order valence-electron chi connectivity index (χ3n) is 5.37. The Morgan fingerprint density at radius 1 is 1.28 bits per heavy atom. The number of thiazole rings is 1. The number of thioether (sulfide) groups is 1. The molecule has 1 aliphatic heterocycles. The van der Waals surface area contributed by atoms with E-state index in [1.807, 2.05) is 24.3 Å². The fourth-order valence-corrected chi connectivity index (χ4v) is 5.64. The van der Waals surface area contributed by atoms with Crippen LogP contribution in [0.2, 0.25) is 0 Å². The molecule has 0 spiro atoms. The zero-order chi connectivity index (χ0) is 26.9. The second kappa shape index (κ2) is 9.99. The van der Waals surface area contributed by atoms with Crippen LogP contribution < -0.4 is 20.6 Å². The van der Waals surface area contributed by atoms with Crippen molar-refractivity contribution in [2.75, 3.05) is 12.5 Å². The van der Waals surface area contributed by atoms with Crippen molar-refractivity contribution >= 4 is 56.9 Å². The number of benzene rings is 2. The molecular formula is C21H14N10O6S2. The highest BCUT2D eigenvalue weighted by Gasteiger charge is 2.25. The standard InChI is InChI=1S/C21H14N10O6S2/c22-18-19(28-37-27-18)30-13(8-38-21-24-11-3-1-2-4-16(11)39-21)17(25-29-30)20(32)26-23-7-10-5-14-15(36-9-35-14)6-12(10)31(33)34/h1-7H,8-9H2,(H2,22,27)(H,26,32)/b23-7-. The molecule has 6 rings (SSSR count). The van der Waals surface area contributed by atoms with Gasteiger partial charge in [-0.15, -0.1) is 16.4 Å². The van der Waals surface area contributed by atoms with Crippen LogP contribution in [0.3, 0.4) is 0 Å². The van der Waals surface area contributed by atoms with Crippen molar-refractivity contribution in [3.8, 4) is 17.3 Å². The molecule has 3 N–H and O–H groups in total. The number of carbonyl (C=O) groups is 1. The molecule has 3 aromatic heterocycles. The fraction of sp³-hybridized carbons (Fsp3) is 0.0952. The molecule has 0 bridgehead atoms. The highest BCUT2D eigenvalue weighted by molar-refractivity contribution is 8.00. The van der Waals surface area contributed by atoms with Crippen LogP contribution in [0.15, 0.2) is 50.5 Å². The number of nitrogen functional groups attached to an aromatic ring is 1. The van der Waals surface area contributed by atoms with Crippen LogP contribution >= 0.6 is 23.1 Å². The van der Waals surface area contributed by atoms with E-state index in [0.29, 0.717) is 11.4 Å². The predicted molar refractivity (Wildman–Crippen MR) is 137 cm³/mol. The zero-order valence-electron chi connectivity index (χ0n) is 19.4. The number of aromatic nitrogens is 6. The Bertz CT molecular complexity index is 1730. The number of nitro benzene ring substituents is 1. The lowest BCUT2D eigenvalue weighted by Gasteiger charge is -2.04. The van der Waals surface area contributed by atoms with Gasteiger partial charge in [0, 0.05) is 5.75 Å². The summed E-state index contributed by atoms with van der Waals surface area (Å²) in [6.07, 6.45) is 1.12. The molecule has 0 saturated heterocycles. The predicted octanol–water partition coefficient (Wildman–Crippen LogP) is 2.54. The normalized spacial score (nSPS) is 12.4. The van der Waals surface area contributed by atoms with Crippen LogP contribution in [-0.2, 0) is 5.75 Å². The second-order valence-electron chi connectivity index (χ2n) is 7.73. The van der Waals surface area contributed by atoms with E-state index in [1.54, 1.807) is 0 Å². The van der Waals surface area contributed by atoms with E-state index in [0.717, 1.165) is 20.8 Å². The van der Waals surface area contributed by atoms with Crippen molar-refractivity contribution in [1.82, 2.24) is 35.7 Å². The number of nitrogens with two attached hydrogens (primary N) is 1. The van der Waals surface area contributed by atoms with Gasteiger partial charge in [-0.2, -0.15) is 9.78 Å². The Kier molecular flexibility index (Phi) is 6.21. The monoisotopic (exact) mass is 566 g/mol. The topological polar surface area (TPSA) is 212 Å². The number of anilines is 1. The molecule has 2 aromatic carbocycles. The van der Waals surface area contributed by atoms with Gasteiger partial charge in [0.2, 0.25) is 18.4 Å². The number of hydrogen-bond acceptors (Lipinski definition) is 15. The van der Waals surface area contributed by atoms with Gasteiger partial charge in [0.1, 0.15) is 0 Å². The minimum Gasteiger partial charge on any atom is -0.454 e. The lowest BCUT2D eigenvalue weighted by atomic mass is 10.1. The van der Waals surface area contributed by atoms with Crippen molar-refractivity contribution in [3.05, 3.63) is 63.5 Å². The van der Waals surface area contributed by atoms with Gasteiger partial charge in [-0.3, -0.25) is 14.9 Å². The molecule has 1 aliphatic rings. The summed E-state index contributed by atoms with van der Waals surface area (Å²) in [5, 5.41) is 30.6. The van der Waals surface area contributed by atoms with Gasteiger partial charge in [-0.1, -0.05) is 29.1 Å². The number of amides is 1. The maximum atomic E-state index is 13.0. The third-order valence-corrected chi connectivity index (χ3v) is 7.56. The molecule has 196 valence electrons. The smallest absolute Gasteiger partial charge is 0.293 e. The van der Waals surface area contributed by atoms with E-state index in [1.165, 1.54) is 39.9 Å². The number of para-hydroxylation sites is 1. The Balaban J connectivity index is 1.26. The first-order valence-electron chi connectivity index (χ1n) is 10.9. The SMILES string of the molecule is Nc1nonc1-n1nnc(C(=O)N/N=C\c2cc3c(cc2[N+](=O)[O-])OCO3)c1CSc1nc2ccccc2s1. The van der Waals surface area contributed by atoms with Crippen molar-refractivity contribution in [2.24, 2.45) is 5.10 Å². The van der Waals surface area contributed by atoms with Crippen LogP contribution in [0.25, 0.3) is 16.0 Å². The Hall–Kier alpha value is -5.10. The van der Waals surface area contributed by atoms with Crippen LogP contribution in [0.4, 0.5) is 11.5 Å². The molecular weight excluding hydrogens is 552 g/mol. The summed E-state index contributed by atoms with van der Waals surface area (Å²) in [7, 11) is 0. The first-order chi connectivity index (χ1) is 19.0. The zero-order valence-corrected chi connectivity index (χ0v) is 21.0. The van der Waals surface area contributed by atoms with E-state index in [4.69, 9.17) is 15.2 Å². The van der Waals surface area contributed by atoms with E-state index >= 15 is 0 Å². The molecule has 0 fully saturated rings. The summed E-state index contributed by atoms with van der Waals surface area (Å²) in [5.74, 6) is 0.0582. The van der Waals surface area contributed by atoms with Crippen molar-refractivity contribution in [2.45, 2.75) is 10.1 Å². The maximum Gasteiger partial charge on any atom is 0.293 e. The van der Waals surface area contributed by atoms with E-state index in [2.05, 4.69) is 40.8 Å². The second-order valence-corrected chi connectivity index (χ2v) is 9.98. The van der Waals surface area contributed by atoms with Gasteiger partial charge in [-0.25, -0.2) is 15.0 Å². The minimum atomic E-state index is -0.726. The van der Waals surface area contributed by atoms with E-state index in [9.17, 15) is 14.9 Å². The van der Waals surface area contributed by atoms with E-state index < -0.39 is 10.8 Å². The molecule has 18 heteroatoms. The van der Waals surface area contributed by atoms with Gasteiger partial charge in [0.15, 0.2) is 21.5 Å². The highest BCUT2D eigenvalue weighted by atomic mass is 32.2. The van der Waals surface area contributed by atoms with Crippen LogP contribution in [0.5, 0.6) is 11.5 Å². The number of rotatable bonds is 8. The van der Waals surface area contributed by atoms with Crippen molar-refractivity contribution in [1.29, 1.82) is 0 Å². The quantitative estimate of drug-likeness (QED) is 0.120. The fourth-order valence-electron chi connectivity index (χ4n) is 3.58. The molecule has 1 amide bonds. The molecule has 0 atom stereocenters. The summed E-state index contributed by atoms with van der Waals surface area (Å²) < 4.78 is 18.1. The summed E-state index contributed by atoms with van der Waals surface area (Å²) >= 11 is 2.85. The molecule has 0 radical (unpaired) electrons. The summed E-state index contributed by atoms with van der Waals surface area (Å²) in [5.41, 5.74) is 9.08. The summed E-state index contributed by atoms with van der Waals surface area (Å²) in [6, 6.07) is 10.3. The van der Waals surface area contributed by atoms with E-state index in [-0.39, 0.29) is 46.9 Å². The number of fused-ring (bicyclic) bond motifs is 2. The lowest BCUT2D eigenvalue weighted by Crippen LogP contribution is -2.20. The minimum absolute atomic E-state index is 0.0498. The average molecular weight is 567 g/mol. The van der Waals surface area contributed by atoms with Crippen molar-refractivity contribution in [3.63, 3.8) is 0 Å². The molecule has 4 heterocycles. The van der Waals surface area contributed by atoms with Crippen LogP contribution in [-0.4, -0.2) is 54.1 Å². The van der Waals surface area contributed by atoms with Gasteiger partial charge in [0.25, 0.3) is 11.6 Å². The van der Waals surface area contributed by atoms with Crippen LogP contribution in [0.1, 0.15) is 21.7 Å². The largest absolute Gasteiger partial charge is 0.454 e. The molecule has 0 unspecified atom stereocenters. The summed E-state index contributed by atoms with van der Waals surface area (Å²) in [6.45, 7) is -0.0527. The first-order valence-corrected chi connectivity index (χ1v) is 12.7. The molecule has 39 heavy (non-hydrogen) atoms. The number of nitrogens with zero attached hydrogens (tertiary/aromatic N) is 8. The molecule has 0 aliphatic carbocycles. The number of ether oxygens (including phenoxy) is 2. The molecule has 5 aromatic rings. The number of carbonyl (C=O) groups excluding carboxylic acids is 1. The number of nitro groups is 1. The average Bonchev–Trinajstić information content (AvgIpc) is 3.72. The third kappa shape index (κ3) is 4.68. The Morgan fingerprint density at radius 3 is 2.87 bits per heavy atom. The first kappa shape index (κ1) is 24.2. The number of hydrogen-bond donors (Lipinski definition) is 2. The van der Waals surface area contributed by atoms with Gasteiger partial charge < -0.3 is 15.2 Å². The number of hydrazone groups is 1. The number of nitrogens with one attached hydrogen (secondary N) is 1. The van der Waals surface area contributed by atoms with Gasteiger partial charge in [-0.05, 0) is 28.5 Å². The molecule has 0 saturated carbocycles. The van der Waals surface area contributed by atoms with Gasteiger partial charge >= 0.3 is 0 Å². The molecule has 16 nitrogen and oxygen atoms in total. The highest BCUT2D eigenvalue weighted by Crippen LogP contribution is 2.37. The Labute approximate surface area is 224 Å². The Morgan fingerprint density at radius 2 is 2.10 bits per heavy atom. The lowest BCUT2D eigenvalue weighted by molar-refractivity contribution is -0.385. The van der Waals surface area contributed by atoms with Gasteiger partial charge in [0.05, 0.1) is 38.7 Å². The summed E-state index contributed by atoms with van der Waals surface area (Å²) in [4.78, 5) is 28.5. The maximum absolute atomic E-state index is 13.0. The van der Waals surface area contributed by atoms with Crippen LogP contribution in [0, 0.1) is 10.1 Å².